The average molecular weight is 311 g/mol. The molecule has 1 aromatic heterocycles. The number of carboxylic acids is 1. The van der Waals surface area contributed by atoms with Crippen LogP contribution in [-0.2, 0) is 14.3 Å². The summed E-state index contributed by atoms with van der Waals surface area (Å²) in [5.74, 6) is -3.00. The summed E-state index contributed by atoms with van der Waals surface area (Å²) >= 11 is 1.21. The summed E-state index contributed by atoms with van der Waals surface area (Å²) in [6, 6.07) is 1.57. The van der Waals surface area contributed by atoms with Crippen molar-refractivity contribution in [3.8, 4) is 0 Å². The van der Waals surface area contributed by atoms with Crippen molar-refractivity contribution in [2.75, 3.05) is 12.4 Å². The number of esters is 1. The molecule has 0 radical (unpaired) electrons. The Morgan fingerprint density at radius 3 is 2.57 bits per heavy atom. The number of amides is 1. The zero-order chi connectivity index (χ0) is 15.4. The second-order valence-corrected chi connectivity index (χ2v) is 5.90. The summed E-state index contributed by atoms with van der Waals surface area (Å²) in [6.07, 6.45) is 2.74. The van der Waals surface area contributed by atoms with Gasteiger partial charge in [0.25, 0.3) is 0 Å². The molecule has 1 aromatic rings. The number of thiophene rings is 1. The number of carbonyl (C=O) groups excluding carboxylic acids is 2. The van der Waals surface area contributed by atoms with Crippen LogP contribution in [0.3, 0.4) is 0 Å². The molecule has 2 unspecified atom stereocenters. The summed E-state index contributed by atoms with van der Waals surface area (Å²) in [6.45, 7) is 0. The molecule has 0 aliphatic heterocycles. The van der Waals surface area contributed by atoms with Gasteiger partial charge in [-0.2, -0.15) is 0 Å². The van der Waals surface area contributed by atoms with E-state index >= 15 is 0 Å². The molecule has 1 heterocycles. The zero-order valence-corrected chi connectivity index (χ0v) is 12.4. The van der Waals surface area contributed by atoms with Gasteiger partial charge in [-0.3, -0.25) is 9.59 Å². The van der Waals surface area contributed by atoms with Crippen molar-refractivity contribution in [3.63, 3.8) is 0 Å². The monoisotopic (exact) mass is 311 g/mol. The van der Waals surface area contributed by atoms with Gasteiger partial charge in [0.2, 0.25) is 5.91 Å². The number of rotatable bonds is 4. The standard InChI is InChI=1S/C14H17NO5S/c1-20-14(19)10-6-7-21-12(10)15-11(16)8-4-2-3-5-9(8)13(17)18/h6-9H,2-5H2,1H3,(H,15,16)(H,17,18). The Kier molecular flexibility index (Phi) is 4.95. The van der Waals surface area contributed by atoms with Crippen LogP contribution in [0.1, 0.15) is 36.0 Å². The van der Waals surface area contributed by atoms with E-state index in [9.17, 15) is 19.5 Å². The van der Waals surface area contributed by atoms with Gasteiger partial charge >= 0.3 is 11.9 Å². The molecule has 0 spiro atoms. The lowest BCUT2D eigenvalue weighted by Crippen LogP contribution is -2.36. The molecule has 7 heteroatoms. The minimum atomic E-state index is -0.936. The molecule has 2 rings (SSSR count). The first-order valence-electron chi connectivity index (χ1n) is 6.74. The Bertz CT molecular complexity index is 553. The molecule has 1 fully saturated rings. The quantitative estimate of drug-likeness (QED) is 0.833. The third-order valence-electron chi connectivity index (χ3n) is 3.73. The number of anilines is 1. The molecule has 0 aromatic carbocycles. The van der Waals surface area contributed by atoms with E-state index in [1.54, 1.807) is 11.4 Å². The van der Waals surface area contributed by atoms with Crippen LogP contribution in [0.5, 0.6) is 0 Å². The molecule has 21 heavy (non-hydrogen) atoms. The van der Waals surface area contributed by atoms with Gasteiger partial charge in [0.1, 0.15) is 5.00 Å². The molecule has 1 aliphatic carbocycles. The third-order valence-corrected chi connectivity index (χ3v) is 4.56. The maximum absolute atomic E-state index is 12.3. The summed E-state index contributed by atoms with van der Waals surface area (Å²) in [5.41, 5.74) is 0.290. The molecule has 2 atom stereocenters. The number of hydrogen-bond donors (Lipinski definition) is 2. The summed E-state index contributed by atoms with van der Waals surface area (Å²) in [4.78, 5) is 35.1. The van der Waals surface area contributed by atoms with Crippen LogP contribution in [0.25, 0.3) is 0 Å². The van der Waals surface area contributed by atoms with E-state index in [0.29, 0.717) is 23.4 Å². The first-order valence-corrected chi connectivity index (χ1v) is 7.62. The SMILES string of the molecule is COC(=O)c1ccsc1NC(=O)C1CCCCC1C(=O)O. The van der Waals surface area contributed by atoms with Gasteiger partial charge in [0.05, 0.1) is 24.5 Å². The minimum absolute atomic E-state index is 0.290. The topological polar surface area (TPSA) is 92.7 Å². The normalized spacial score (nSPS) is 21.6. The fourth-order valence-corrected chi connectivity index (χ4v) is 3.40. The molecule has 0 saturated heterocycles. The number of carbonyl (C=O) groups is 3. The molecule has 114 valence electrons. The highest BCUT2D eigenvalue weighted by Gasteiger charge is 2.36. The van der Waals surface area contributed by atoms with Crippen molar-refractivity contribution >= 4 is 34.2 Å². The highest BCUT2D eigenvalue weighted by molar-refractivity contribution is 7.14. The maximum Gasteiger partial charge on any atom is 0.340 e. The van der Waals surface area contributed by atoms with Crippen molar-refractivity contribution in [1.29, 1.82) is 0 Å². The van der Waals surface area contributed by atoms with E-state index in [4.69, 9.17) is 0 Å². The lowest BCUT2D eigenvalue weighted by Gasteiger charge is -2.27. The summed E-state index contributed by atoms with van der Waals surface area (Å²) in [7, 11) is 1.27. The molecule has 2 N–H and O–H groups in total. The lowest BCUT2D eigenvalue weighted by atomic mass is 9.79. The van der Waals surface area contributed by atoms with Crippen LogP contribution in [-0.4, -0.2) is 30.1 Å². The van der Waals surface area contributed by atoms with Gasteiger partial charge in [0.15, 0.2) is 0 Å². The molecule has 1 amide bonds. The maximum atomic E-state index is 12.3. The van der Waals surface area contributed by atoms with Gasteiger partial charge in [-0.05, 0) is 24.3 Å². The Morgan fingerprint density at radius 1 is 1.29 bits per heavy atom. The Hall–Kier alpha value is -1.89. The second-order valence-electron chi connectivity index (χ2n) is 4.98. The largest absolute Gasteiger partial charge is 0.481 e. The first kappa shape index (κ1) is 15.5. The minimum Gasteiger partial charge on any atom is -0.481 e. The van der Waals surface area contributed by atoms with Crippen molar-refractivity contribution in [2.24, 2.45) is 11.8 Å². The third kappa shape index (κ3) is 3.41. The van der Waals surface area contributed by atoms with E-state index in [1.165, 1.54) is 18.4 Å². The Morgan fingerprint density at radius 2 is 1.95 bits per heavy atom. The van der Waals surface area contributed by atoms with Gasteiger partial charge < -0.3 is 15.2 Å². The van der Waals surface area contributed by atoms with Crippen molar-refractivity contribution in [3.05, 3.63) is 17.0 Å². The van der Waals surface area contributed by atoms with Gasteiger partial charge in [-0.1, -0.05) is 12.8 Å². The number of methoxy groups -OCH3 is 1. The van der Waals surface area contributed by atoms with Crippen molar-refractivity contribution < 1.29 is 24.2 Å². The van der Waals surface area contributed by atoms with Crippen molar-refractivity contribution in [2.45, 2.75) is 25.7 Å². The predicted octanol–water partition coefficient (Wildman–Crippen LogP) is 2.36. The first-order chi connectivity index (χ1) is 10.0. The Balaban J connectivity index is 2.12. The second kappa shape index (κ2) is 6.71. The van der Waals surface area contributed by atoms with Crippen LogP contribution in [0, 0.1) is 11.8 Å². The van der Waals surface area contributed by atoms with Crippen LogP contribution in [0.15, 0.2) is 11.4 Å². The van der Waals surface area contributed by atoms with E-state index in [0.717, 1.165) is 12.8 Å². The molecular weight excluding hydrogens is 294 g/mol. The van der Waals surface area contributed by atoms with Gasteiger partial charge in [-0.15, -0.1) is 11.3 Å². The highest BCUT2D eigenvalue weighted by atomic mass is 32.1. The lowest BCUT2D eigenvalue weighted by molar-refractivity contribution is -0.147. The Labute approximate surface area is 126 Å². The molecule has 6 nitrogen and oxygen atoms in total. The van der Waals surface area contributed by atoms with E-state index in [1.807, 2.05) is 0 Å². The van der Waals surface area contributed by atoms with E-state index < -0.39 is 23.8 Å². The van der Waals surface area contributed by atoms with E-state index in [2.05, 4.69) is 10.1 Å². The summed E-state index contributed by atoms with van der Waals surface area (Å²) < 4.78 is 4.64. The summed E-state index contributed by atoms with van der Waals surface area (Å²) in [5, 5.41) is 14.0. The molecular formula is C14H17NO5S. The number of carboxylic acid groups (broad SMARTS) is 1. The fraction of sp³-hybridized carbons (Fsp3) is 0.500. The number of ether oxygens (including phenoxy) is 1. The van der Waals surface area contributed by atoms with Gasteiger partial charge in [-0.25, -0.2) is 4.79 Å². The van der Waals surface area contributed by atoms with Crippen LogP contribution >= 0.6 is 11.3 Å². The zero-order valence-electron chi connectivity index (χ0n) is 11.6. The molecule has 1 saturated carbocycles. The van der Waals surface area contributed by atoms with Crippen LogP contribution in [0.2, 0.25) is 0 Å². The molecule has 0 bridgehead atoms. The smallest absolute Gasteiger partial charge is 0.340 e. The molecule has 1 aliphatic rings. The van der Waals surface area contributed by atoms with E-state index in [-0.39, 0.29) is 5.91 Å². The highest BCUT2D eigenvalue weighted by Crippen LogP contribution is 2.32. The predicted molar refractivity (Wildman–Crippen MR) is 77.4 cm³/mol. The van der Waals surface area contributed by atoms with Crippen LogP contribution in [0.4, 0.5) is 5.00 Å². The number of nitrogens with one attached hydrogen (secondary N) is 1. The number of aliphatic carboxylic acids is 1. The van der Waals surface area contributed by atoms with Crippen LogP contribution < -0.4 is 5.32 Å². The average Bonchev–Trinajstić information content (AvgIpc) is 2.94. The van der Waals surface area contributed by atoms with Gasteiger partial charge in [0, 0.05) is 0 Å². The van der Waals surface area contributed by atoms with Crippen molar-refractivity contribution in [1.82, 2.24) is 0 Å². The number of hydrogen-bond acceptors (Lipinski definition) is 5. The fourth-order valence-electron chi connectivity index (χ4n) is 2.62.